The first kappa shape index (κ1) is 12.3. The average Bonchev–Trinajstić information content (AvgIpc) is 2.66. The van der Waals surface area contributed by atoms with Gasteiger partial charge in [-0.05, 0) is 19.0 Å². The van der Waals surface area contributed by atoms with Crippen molar-refractivity contribution in [3.63, 3.8) is 0 Å². The predicted octanol–water partition coefficient (Wildman–Crippen LogP) is 1.30. The summed E-state index contributed by atoms with van der Waals surface area (Å²) in [6.45, 7) is 1.46. The van der Waals surface area contributed by atoms with Gasteiger partial charge in [0.05, 0.1) is 7.11 Å². The third-order valence-corrected chi connectivity index (χ3v) is 2.74. The first-order valence-corrected chi connectivity index (χ1v) is 4.83. The van der Waals surface area contributed by atoms with Crippen LogP contribution in [-0.4, -0.2) is 25.3 Å². The van der Waals surface area contributed by atoms with E-state index < -0.39 is 5.60 Å². The Hall–Kier alpha value is -0.770. The lowest BCUT2D eigenvalue weighted by Crippen LogP contribution is -2.28. The topological polar surface area (TPSA) is 41.5 Å². The van der Waals surface area contributed by atoms with E-state index in [0.717, 1.165) is 24.3 Å². The van der Waals surface area contributed by atoms with Gasteiger partial charge in [-0.25, -0.2) is 0 Å². The van der Waals surface area contributed by atoms with Crippen LogP contribution in [-0.2, 0) is 5.60 Å². The molecule has 2 N–H and O–H groups in total. The van der Waals surface area contributed by atoms with Crippen LogP contribution in [0.1, 0.15) is 12.0 Å². The van der Waals surface area contributed by atoms with Gasteiger partial charge in [-0.2, -0.15) is 0 Å². The van der Waals surface area contributed by atoms with Crippen molar-refractivity contribution in [2.45, 2.75) is 12.0 Å². The average molecular weight is 230 g/mol. The van der Waals surface area contributed by atoms with Crippen molar-refractivity contribution in [1.29, 1.82) is 0 Å². The third-order valence-electron chi connectivity index (χ3n) is 2.74. The van der Waals surface area contributed by atoms with Gasteiger partial charge in [0.25, 0.3) is 0 Å². The minimum atomic E-state index is -0.757. The van der Waals surface area contributed by atoms with Crippen molar-refractivity contribution in [2.24, 2.45) is 0 Å². The van der Waals surface area contributed by atoms with Crippen LogP contribution in [0, 0.1) is 0 Å². The molecular weight excluding hydrogens is 214 g/mol. The number of hydrogen-bond acceptors (Lipinski definition) is 3. The second-order valence-corrected chi connectivity index (χ2v) is 3.66. The van der Waals surface area contributed by atoms with Gasteiger partial charge in [0.2, 0.25) is 0 Å². The maximum absolute atomic E-state index is 10.3. The summed E-state index contributed by atoms with van der Waals surface area (Å²) in [6.07, 6.45) is 0.743. The summed E-state index contributed by atoms with van der Waals surface area (Å²) in [5.41, 5.74) is 0.125. The fraction of sp³-hybridized carbons (Fsp3) is 0.455. The van der Waals surface area contributed by atoms with Crippen molar-refractivity contribution in [1.82, 2.24) is 5.32 Å². The molecule has 1 aliphatic heterocycles. The van der Waals surface area contributed by atoms with Gasteiger partial charge in [-0.1, -0.05) is 18.2 Å². The minimum absolute atomic E-state index is 0. The number of methoxy groups -OCH3 is 1. The fourth-order valence-electron chi connectivity index (χ4n) is 1.94. The normalized spacial score (nSPS) is 24.7. The van der Waals surface area contributed by atoms with Gasteiger partial charge >= 0.3 is 0 Å². The summed E-state index contributed by atoms with van der Waals surface area (Å²) in [7, 11) is 1.63. The maximum atomic E-state index is 10.3. The molecule has 84 valence electrons. The summed E-state index contributed by atoms with van der Waals surface area (Å²) in [6, 6.07) is 7.64. The monoisotopic (exact) mass is 229 g/mol. The minimum Gasteiger partial charge on any atom is -0.496 e. The van der Waals surface area contributed by atoms with Crippen LogP contribution in [0.3, 0.4) is 0 Å². The second-order valence-electron chi connectivity index (χ2n) is 3.66. The van der Waals surface area contributed by atoms with Crippen LogP contribution in [0.15, 0.2) is 24.3 Å². The number of halogens is 1. The molecule has 1 aromatic carbocycles. The third kappa shape index (κ3) is 2.25. The van der Waals surface area contributed by atoms with Crippen LogP contribution in [0.25, 0.3) is 0 Å². The Morgan fingerprint density at radius 2 is 2.13 bits per heavy atom. The molecule has 1 atom stereocenters. The summed E-state index contributed by atoms with van der Waals surface area (Å²) in [5.74, 6) is 0.763. The van der Waals surface area contributed by atoms with Crippen LogP contribution >= 0.6 is 12.4 Å². The molecule has 3 nitrogen and oxygen atoms in total. The summed E-state index contributed by atoms with van der Waals surface area (Å²) in [4.78, 5) is 0. The van der Waals surface area contributed by atoms with Gasteiger partial charge < -0.3 is 15.2 Å². The molecule has 0 saturated carbocycles. The SMILES string of the molecule is COc1ccccc1C1(O)CCNC1.Cl. The molecule has 1 unspecified atom stereocenters. The van der Waals surface area contributed by atoms with E-state index in [1.165, 1.54) is 0 Å². The van der Waals surface area contributed by atoms with Gasteiger partial charge in [-0.3, -0.25) is 0 Å². The zero-order valence-corrected chi connectivity index (χ0v) is 9.51. The molecule has 0 amide bonds. The lowest BCUT2D eigenvalue weighted by molar-refractivity contribution is 0.0561. The number of β-amino-alcohol motifs (C(OH)–C–C–N with tert-alkyl or cyclic N) is 1. The van der Waals surface area contributed by atoms with Crippen LogP contribution < -0.4 is 10.1 Å². The Bertz CT molecular complexity index is 324. The predicted molar refractivity (Wildman–Crippen MR) is 61.6 cm³/mol. The lowest BCUT2D eigenvalue weighted by atomic mass is 9.92. The molecule has 2 rings (SSSR count). The molecule has 1 saturated heterocycles. The van der Waals surface area contributed by atoms with Crippen molar-refractivity contribution in [3.05, 3.63) is 29.8 Å². The molecule has 0 spiro atoms. The van der Waals surface area contributed by atoms with Crippen molar-refractivity contribution in [3.8, 4) is 5.75 Å². The highest BCUT2D eigenvalue weighted by Crippen LogP contribution is 2.33. The number of ether oxygens (including phenoxy) is 1. The van der Waals surface area contributed by atoms with Gasteiger partial charge in [-0.15, -0.1) is 12.4 Å². The molecule has 1 aliphatic rings. The molecule has 0 aromatic heterocycles. The maximum Gasteiger partial charge on any atom is 0.124 e. The highest BCUT2D eigenvalue weighted by molar-refractivity contribution is 5.85. The highest BCUT2D eigenvalue weighted by atomic mass is 35.5. The number of benzene rings is 1. The largest absolute Gasteiger partial charge is 0.496 e. The Balaban J connectivity index is 0.00000112. The summed E-state index contributed by atoms with van der Waals surface area (Å²) in [5, 5.41) is 13.5. The molecule has 1 heterocycles. The Labute approximate surface area is 95.9 Å². The standard InChI is InChI=1S/C11H15NO2.ClH/c1-14-10-5-3-2-4-9(10)11(13)6-7-12-8-11;/h2-5,12-13H,6-8H2,1H3;1H. The smallest absolute Gasteiger partial charge is 0.124 e. The molecule has 0 aliphatic carbocycles. The number of para-hydroxylation sites is 1. The lowest BCUT2D eigenvalue weighted by Gasteiger charge is -2.23. The Morgan fingerprint density at radius 3 is 2.73 bits per heavy atom. The number of rotatable bonds is 2. The van der Waals surface area contributed by atoms with E-state index in [1.54, 1.807) is 7.11 Å². The quantitative estimate of drug-likeness (QED) is 0.803. The van der Waals surface area contributed by atoms with Gasteiger partial charge in [0, 0.05) is 12.1 Å². The number of aliphatic hydroxyl groups is 1. The van der Waals surface area contributed by atoms with Crippen molar-refractivity contribution < 1.29 is 9.84 Å². The Morgan fingerprint density at radius 1 is 1.40 bits per heavy atom. The van der Waals surface area contributed by atoms with E-state index in [9.17, 15) is 5.11 Å². The van der Waals surface area contributed by atoms with Crippen LogP contribution in [0.2, 0.25) is 0 Å². The van der Waals surface area contributed by atoms with Crippen molar-refractivity contribution in [2.75, 3.05) is 20.2 Å². The molecule has 15 heavy (non-hydrogen) atoms. The zero-order chi connectivity index (χ0) is 10.0. The van der Waals surface area contributed by atoms with Crippen LogP contribution in [0.5, 0.6) is 5.75 Å². The van der Waals surface area contributed by atoms with E-state index in [1.807, 2.05) is 24.3 Å². The molecule has 1 fully saturated rings. The highest BCUT2D eigenvalue weighted by Gasteiger charge is 2.35. The van der Waals surface area contributed by atoms with Crippen LogP contribution in [0.4, 0.5) is 0 Å². The zero-order valence-electron chi connectivity index (χ0n) is 8.69. The van der Waals surface area contributed by atoms with E-state index in [2.05, 4.69) is 5.32 Å². The first-order valence-electron chi connectivity index (χ1n) is 4.83. The molecule has 0 radical (unpaired) electrons. The van der Waals surface area contributed by atoms with E-state index in [4.69, 9.17) is 4.74 Å². The van der Waals surface area contributed by atoms with E-state index in [0.29, 0.717) is 6.54 Å². The van der Waals surface area contributed by atoms with E-state index in [-0.39, 0.29) is 12.4 Å². The molecular formula is C11H16ClNO2. The number of nitrogens with one attached hydrogen (secondary N) is 1. The Kier molecular flexibility index (Phi) is 3.97. The van der Waals surface area contributed by atoms with Gasteiger partial charge in [0.1, 0.15) is 11.4 Å². The van der Waals surface area contributed by atoms with Crippen molar-refractivity contribution >= 4 is 12.4 Å². The van der Waals surface area contributed by atoms with E-state index >= 15 is 0 Å². The summed E-state index contributed by atoms with van der Waals surface area (Å²) < 4.78 is 5.24. The fourth-order valence-corrected chi connectivity index (χ4v) is 1.94. The molecule has 0 bridgehead atoms. The first-order chi connectivity index (χ1) is 6.76. The number of hydrogen-bond donors (Lipinski definition) is 2. The molecule has 1 aromatic rings. The molecule has 4 heteroatoms. The summed E-state index contributed by atoms with van der Waals surface area (Å²) >= 11 is 0. The second kappa shape index (κ2) is 4.84. The van der Waals surface area contributed by atoms with Gasteiger partial charge in [0.15, 0.2) is 0 Å².